The van der Waals surface area contributed by atoms with Crippen molar-refractivity contribution in [1.29, 1.82) is 0 Å². The fraction of sp³-hybridized carbons (Fsp3) is 0.0952. The number of hydrogen-bond donors (Lipinski definition) is 1. The Bertz CT molecular complexity index is 1070. The molecular weight excluding hydrogens is 340 g/mol. The van der Waals surface area contributed by atoms with Gasteiger partial charge >= 0.3 is 0 Å². The van der Waals surface area contributed by atoms with E-state index in [1.807, 2.05) is 6.07 Å². The fourth-order valence-corrected chi connectivity index (χ4v) is 3.34. The second-order valence-corrected chi connectivity index (χ2v) is 6.99. The van der Waals surface area contributed by atoms with Crippen LogP contribution in [0.2, 0.25) is 0 Å². The average molecular weight is 358 g/mol. The Morgan fingerprint density at radius 2 is 1.58 bits per heavy atom. The van der Waals surface area contributed by atoms with E-state index in [4.69, 9.17) is 10.7 Å². The lowest BCUT2D eigenvalue weighted by Gasteiger charge is -2.12. The highest BCUT2D eigenvalue weighted by molar-refractivity contribution is 7.98. The van der Waals surface area contributed by atoms with E-state index in [9.17, 15) is 0 Å². The van der Waals surface area contributed by atoms with Gasteiger partial charge in [0.15, 0.2) is 5.65 Å². The Balaban J connectivity index is 1.99. The zero-order chi connectivity index (χ0) is 18.1. The summed E-state index contributed by atoms with van der Waals surface area (Å²) in [7, 11) is 0. The van der Waals surface area contributed by atoms with Crippen LogP contribution >= 0.6 is 11.8 Å². The van der Waals surface area contributed by atoms with Gasteiger partial charge in [-0.05, 0) is 36.9 Å². The second kappa shape index (κ2) is 6.77. The lowest BCUT2D eigenvalue weighted by Crippen LogP contribution is -1.98. The molecule has 0 radical (unpaired) electrons. The van der Waals surface area contributed by atoms with Crippen LogP contribution in [0.4, 0.5) is 5.82 Å². The summed E-state index contributed by atoms with van der Waals surface area (Å²) < 4.78 is 0. The van der Waals surface area contributed by atoms with E-state index in [1.165, 1.54) is 16.8 Å². The van der Waals surface area contributed by atoms with Gasteiger partial charge < -0.3 is 5.73 Å². The molecule has 0 amide bonds. The quantitative estimate of drug-likeness (QED) is 0.524. The monoisotopic (exact) mass is 358 g/mol. The van der Waals surface area contributed by atoms with Crippen molar-refractivity contribution in [3.63, 3.8) is 0 Å². The Morgan fingerprint density at radius 1 is 0.885 bits per heavy atom. The van der Waals surface area contributed by atoms with E-state index in [0.717, 1.165) is 27.8 Å². The maximum absolute atomic E-state index is 6.06. The molecule has 0 saturated heterocycles. The van der Waals surface area contributed by atoms with Gasteiger partial charge in [0.25, 0.3) is 0 Å². The highest BCUT2D eigenvalue weighted by atomic mass is 32.2. The maximum Gasteiger partial charge on any atom is 0.165 e. The molecule has 2 heterocycles. The van der Waals surface area contributed by atoms with Crippen LogP contribution in [0.25, 0.3) is 33.4 Å². The molecule has 4 nitrogen and oxygen atoms in total. The maximum atomic E-state index is 6.06. The molecule has 4 aromatic rings. The molecule has 5 heteroatoms. The molecule has 0 aliphatic rings. The number of aromatic nitrogens is 3. The standard InChI is InChI=1S/C21H18N4S/c1-13-3-5-14(6-4-13)17-11-18-20(22)23-12-24-21(18)25-19(17)15-7-9-16(26-2)10-8-15/h3-12H,1-2H3,(H2,22,23,24,25). The normalized spacial score (nSPS) is 11.0. The zero-order valence-electron chi connectivity index (χ0n) is 14.6. The predicted molar refractivity (Wildman–Crippen MR) is 109 cm³/mol. The summed E-state index contributed by atoms with van der Waals surface area (Å²) in [5.41, 5.74) is 12.0. The Hall–Kier alpha value is -2.92. The van der Waals surface area contributed by atoms with Crippen LogP contribution in [0, 0.1) is 6.92 Å². The van der Waals surface area contributed by atoms with Crippen molar-refractivity contribution >= 4 is 28.6 Å². The number of nitrogens with zero attached hydrogens (tertiary/aromatic N) is 3. The first-order valence-corrected chi connectivity index (χ1v) is 9.51. The zero-order valence-corrected chi connectivity index (χ0v) is 15.4. The third-order valence-corrected chi connectivity index (χ3v) is 5.12. The van der Waals surface area contributed by atoms with Gasteiger partial charge in [-0.2, -0.15) is 0 Å². The minimum absolute atomic E-state index is 0.445. The van der Waals surface area contributed by atoms with Crippen molar-refractivity contribution in [2.75, 3.05) is 12.0 Å². The van der Waals surface area contributed by atoms with Gasteiger partial charge in [0.05, 0.1) is 11.1 Å². The van der Waals surface area contributed by atoms with E-state index >= 15 is 0 Å². The van der Waals surface area contributed by atoms with Crippen LogP contribution in [-0.4, -0.2) is 21.2 Å². The lowest BCUT2D eigenvalue weighted by molar-refractivity contribution is 1.19. The van der Waals surface area contributed by atoms with E-state index in [2.05, 4.69) is 71.7 Å². The number of benzene rings is 2. The molecule has 0 aliphatic carbocycles. The number of pyridine rings is 1. The first-order valence-electron chi connectivity index (χ1n) is 8.28. The molecule has 0 bridgehead atoms. The number of nitrogen functional groups attached to an aromatic ring is 1. The molecule has 0 aliphatic heterocycles. The van der Waals surface area contributed by atoms with Crippen LogP contribution in [0.5, 0.6) is 0 Å². The number of hydrogen-bond acceptors (Lipinski definition) is 5. The molecular formula is C21H18N4S. The molecule has 0 fully saturated rings. The van der Waals surface area contributed by atoms with Gasteiger partial charge in [0.1, 0.15) is 12.1 Å². The van der Waals surface area contributed by atoms with Crippen molar-refractivity contribution in [3.05, 3.63) is 66.5 Å². The van der Waals surface area contributed by atoms with E-state index < -0.39 is 0 Å². The topological polar surface area (TPSA) is 64.7 Å². The van der Waals surface area contributed by atoms with Crippen molar-refractivity contribution in [2.45, 2.75) is 11.8 Å². The Kier molecular flexibility index (Phi) is 4.31. The fourth-order valence-electron chi connectivity index (χ4n) is 2.93. The summed E-state index contributed by atoms with van der Waals surface area (Å²) in [6.07, 6.45) is 3.53. The molecule has 2 aromatic carbocycles. The van der Waals surface area contributed by atoms with Crippen LogP contribution in [-0.2, 0) is 0 Å². The van der Waals surface area contributed by atoms with E-state index in [0.29, 0.717) is 11.5 Å². The summed E-state index contributed by atoms with van der Waals surface area (Å²) in [5.74, 6) is 0.445. The first-order chi connectivity index (χ1) is 12.7. The van der Waals surface area contributed by atoms with Gasteiger partial charge in [-0.3, -0.25) is 0 Å². The highest BCUT2D eigenvalue weighted by Crippen LogP contribution is 2.34. The van der Waals surface area contributed by atoms with E-state index in [-0.39, 0.29) is 0 Å². The van der Waals surface area contributed by atoms with Crippen molar-refractivity contribution in [1.82, 2.24) is 15.0 Å². The van der Waals surface area contributed by atoms with Crippen molar-refractivity contribution in [2.24, 2.45) is 0 Å². The van der Waals surface area contributed by atoms with Crippen molar-refractivity contribution in [3.8, 4) is 22.4 Å². The molecule has 4 rings (SSSR count). The molecule has 0 atom stereocenters. The van der Waals surface area contributed by atoms with Gasteiger partial charge in [0, 0.05) is 16.0 Å². The number of nitrogens with two attached hydrogens (primary N) is 1. The summed E-state index contributed by atoms with van der Waals surface area (Å²) in [6, 6.07) is 18.9. The summed E-state index contributed by atoms with van der Waals surface area (Å²) in [6.45, 7) is 2.08. The summed E-state index contributed by atoms with van der Waals surface area (Å²) >= 11 is 1.72. The van der Waals surface area contributed by atoms with Crippen LogP contribution < -0.4 is 5.73 Å². The molecule has 2 aromatic heterocycles. The summed E-state index contributed by atoms with van der Waals surface area (Å²) in [5, 5.41) is 0.771. The third kappa shape index (κ3) is 3.02. The molecule has 0 saturated carbocycles. The van der Waals surface area contributed by atoms with Crippen LogP contribution in [0.1, 0.15) is 5.56 Å². The Labute approximate surface area is 156 Å². The Morgan fingerprint density at radius 3 is 2.27 bits per heavy atom. The minimum atomic E-state index is 0.445. The molecule has 0 unspecified atom stereocenters. The van der Waals surface area contributed by atoms with Crippen LogP contribution in [0.3, 0.4) is 0 Å². The van der Waals surface area contributed by atoms with Gasteiger partial charge in [-0.15, -0.1) is 11.8 Å². The second-order valence-electron chi connectivity index (χ2n) is 6.11. The highest BCUT2D eigenvalue weighted by Gasteiger charge is 2.14. The molecule has 26 heavy (non-hydrogen) atoms. The number of rotatable bonds is 3. The van der Waals surface area contributed by atoms with Gasteiger partial charge in [0.2, 0.25) is 0 Å². The molecule has 2 N–H and O–H groups in total. The largest absolute Gasteiger partial charge is 0.383 e. The molecule has 0 spiro atoms. The van der Waals surface area contributed by atoms with Gasteiger partial charge in [-0.1, -0.05) is 42.0 Å². The number of aryl methyl sites for hydroxylation is 1. The average Bonchev–Trinajstić information content (AvgIpc) is 2.68. The van der Waals surface area contributed by atoms with E-state index in [1.54, 1.807) is 11.8 Å². The minimum Gasteiger partial charge on any atom is -0.383 e. The number of thioether (sulfide) groups is 1. The third-order valence-electron chi connectivity index (χ3n) is 4.38. The smallest absolute Gasteiger partial charge is 0.165 e. The number of fused-ring (bicyclic) bond motifs is 1. The lowest BCUT2D eigenvalue weighted by atomic mass is 9.97. The number of anilines is 1. The molecule has 128 valence electrons. The first kappa shape index (κ1) is 16.5. The van der Waals surface area contributed by atoms with Crippen LogP contribution in [0.15, 0.2) is 65.8 Å². The summed E-state index contributed by atoms with van der Waals surface area (Å²) in [4.78, 5) is 14.5. The predicted octanol–water partition coefficient (Wildman–Crippen LogP) is 4.97. The SMILES string of the molecule is CSc1ccc(-c2nc3ncnc(N)c3cc2-c2ccc(C)cc2)cc1. The van der Waals surface area contributed by atoms with Gasteiger partial charge in [-0.25, -0.2) is 15.0 Å². The van der Waals surface area contributed by atoms with Crippen molar-refractivity contribution < 1.29 is 0 Å².